The van der Waals surface area contributed by atoms with Gasteiger partial charge in [-0.3, -0.25) is 0 Å². The van der Waals surface area contributed by atoms with E-state index in [-0.39, 0.29) is 0 Å². The van der Waals surface area contributed by atoms with E-state index >= 15 is 0 Å². The van der Waals surface area contributed by atoms with Gasteiger partial charge in [0.15, 0.2) is 17.3 Å². The molecule has 0 aliphatic carbocycles. The first kappa shape index (κ1) is 19.0. The van der Waals surface area contributed by atoms with Crippen molar-refractivity contribution < 1.29 is 14.2 Å². The van der Waals surface area contributed by atoms with Crippen molar-refractivity contribution in [1.82, 2.24) is 9.97 Å². The maximum Gasteiger partial charge on any atom is 0.203 e. The predicted octanol–water partition coefficient (Wildman–Crippen LogP) is 5.56. The molecule has 0 radical (unpaired) electrons. The molecule has 6 heteroatoms. The molecule has 4 rings (SSSR count). The summed E-state index contributed by atoms with van der Waals surface area (Å²) in [5.74, 6) is 2.38. The zero-order chi connectivity index (χ0) is 20.2. The fourth-order valence-corrected chi connectivity index (χ4v) is 3.78. The molecule has 0 atom stereocenters. The van der Waals surface area contributed by atoms with Crippen LogP contribution in [0.4, 0.5) is 0 Å². The molecular formula is C23H20N2O3S. The summed E-state index contributed by atoms with van der Waals surface area (Å²) in [6.07, 6.45) is 0. The molecule has 146 valence electrons. The van der Waals surface area contributed by atoms with Gasteiger partial charge in [-0.05, 0) is 29.6 Å². The smallest absolute Gasteiger partial charge is 0.203 e. The van der Waals surface area contributed by atoms with Crippen molar-refractivity contribution in [2.75, 3.05) is 21.3 Å². The summed E-state index contributed by atoms with van der Waals surface area (Å²) in [6.45, 7) is 0. The molecule has 0 saturated heterocycles. The summed E-state index contributed by atoms with van der Waals surface area (Å²) >= 11 is 1.65. The first-order valence-corrected chi connectivity index (χ1v) is 9.90. The summed E-state index contributed by atoms with van der Waals surface area (Å²) in [5.41, 5.74) is 3.47. The van der Waals surface area contributed by atoms with Crippen LogP contribution < -0.4 is 14.2 Å². The standard InChI is InChI=1S/C23H20N2O3S/c1-26-19-12-16(13-20(27-2)22(19)28-3)17-14-18(21-10-7-11-29-21)25-23(24-17)15-8-5-4-6-9-15/h4-14H,1-3H3. The maximum atomic E-state index is 5.51. The van der Waals surface area contributed by atoms with Crippen molar-refractivity contribution in [2.24, 2.45) is 0 Å². The van der Waals surface area contributed by atoms with E-state index in [2.05, 4.69) is 6.07 Å². The van der Waals surface area contributed by atoms with E-state index < -0.39 is 0 Å². The van der Waals surface area contributed by atoms with Crippen LogP contribution in [0.1, 0.15) is 0 Å². The maximum absolute atomic E-state index is 5.51. The molecule has 0 spiro atoms. The predicted molar refractivity (Wildman–Crippen MR) is 116 cm³/mol. The average Bonchev–Trinajstić information content (AvgIpc) is 3.33. The third-order valence-corrected chi connectivity index (χ3v) is 5.38. The number of thiophene rings is 1. The van der Waals surface area contributed by atoms with Crippen molar-refractivity contribution in [2.45, 2.75) is 0 Å². The largest absolute Gasteiger partial charge is 0.493 e. The van der Waals surface area contributed by atoms with Crippen LogP contribution >= 0.6 is 11.3 Å². The van der Waals surface area contributed by atoms with Gasteiger partial charge in [0.2, 0.25) is 5.75 Å². The lowest BCUT2D eigenvalue weighted by atomic mass is 10.1. The van der Waals surface area contributed by atoms with E-state index in [9.17, 15) is 0 Å². The first-order valence-electron chi connectivity index (χ1n) is 9.02. The zero-order valence-corrected chi connectivity index (χ0v) is 17.2. The number of hydrogen-bond acceptors (Lipinski definition) is 6. The van der Waals surface area contributed by atoms with E-state index in [0.717, 1.165) is 27.4 Å². The Morgan fingerprint density at radius 3 is 1.97 bits per heavy atom. The quantitative estimate of drug-likeness (QED) is 0.421. The number of aromatic nitrogens is 2. The van der Waals surface area contributed by atoms with E-state index in [1.165, 1.54) is 0 Å². The third kappa shape index (κ3) is 3.79. The molecule has 0 bridgehead atoms. The number of rotatable bonds is 6. The average molecular weight is 404 g/mol. The lowest BCUT2D eigenvalue weighted by Crippen LogP contribution is -1.98. The molecule has 0 unspecified atom stereocenters. The van der Waals surface area contributed by atoms with Crippen molar-refractivity contribution in [3.63, 3.8) is 0 Å². The Balaban J connectivity index is 1.93. The van der Waals surface area contributed by atoms with Crippen LogP contribution in [-0.4, -0.2) is 31.3 Å². The lowest BCUT2D eigenvalue weighted by Gasteiger charge is -2.14. The van der Waals surface area contributed by atoms with Gasteiger partial charge in [0.05, 0.1) is 37.6 Å². The van der Waals surface area contributed by atoms with Gasteiger partial charge in [-0.25, -0.2) is 9.97 Å². The molecule has 29 heavy (non-hydrogen) atoms. The number of nitrogens with zero attached hydrogens (tertiary/aromatic N) is 2. The highest BCUT2D eigenvalue weighted by Crippen LogP contribution is 2.41. The Morgan fingerprint density at radius 1 is 0.690 bits per heavy atom. The molecule has 0 amide bonds. The molecule has 0 fully saturated rings. The molecule has 4 aromatic rings. The van der Waals surface area contributed by atoms with Gasteiger partial charge in [0.1, 0.15) is 0 Å². The second-order valence-electron chi connectivity index (χ2n) is 6.22. The summed E-state index contributed by atoms with van der Waals surface area (Å²) in [5, 5.41) is 2.04. The van der Waals surface area contributed by atoms with E-state index in [0.29, 0.717) is 23.1 Å². The van der Waals surface area contributed by atoms with Crippen molar-refractivity contribution in [3.8, 4) is 50.5 Å². The molecule has 2 aromatic carbocycles. The molecular weight excluding hydrogens is 384 g/mol. The van der Waals surface area contributed by atoms with Gasteiger partial charge in [-0.2, -0.15) is 0 Å². The molecule has 2 aromatic heterocycles. The van der Waals surface area contributed by atoms with Crippen LogP contribution in [0.15, 0.2) is 66.0 Å². The first-order chi connectivity index (χ1) is 14.2. The fraction of sp³-hybridized carbons (Fsp3) is 0.130. The van der Waals surface area contributed by atoms with Crippen LogP contribution in [0.25, 0.3) is 33.2 Å². The molecule has 0 N–H and O–H groups in total. The van der Waals surface area contributed by atoms with Crippen molar-refractivity contribution >= 4 is 11.3 Å². The molecule has 0 aliphatic heterocycles. The zero-order valence-electron chi connectivity index (χ0n) is 16.4. The highest BCUT2D eigenvalue weighted by molar-refractivity contribution is 7.13. The summed E-state index contributed by atoms with van der Waals surface area (Å²) in [6, 6.07) is 19.8. The fourth-order valence-electron chi connectivity index (χ4n) is 3.09. The normalized spacial score (nSPS) is 10.6. The molecule has 5 nitrogen and oxygen atoms in total. The topological polar surface area (TPSA) is 53.5 Å². The van der Waals surface area contributed by atoms with Crippen LogP contribution in [0, 0.1) is 0 Å². The van der Waals surface area contributed by atoms with Gasteiger partial charge in [-0.15, -0.1) is 11.3 Å². The van der Waals surface area contributed by atoms with Gasteiger partial charge in [0, 0.05) is 11.1 Å². The van der Waals surface area contributed by atoms with Crippen LogP contribution in [0.2, 0.25) is 0 Å². The Bertz CT molecular complexity index is 1090. The summed E-state index contributed by atoms with van der Waals surface area (Å²) in [7, 11) is 4.80. The van der Waals surface area contributed by atoms with Crippen LogP contribution in [-0.2, 0) is 0 Å². The Kier molecular flexibility index (Phi) is 5.44. The monoisotopic (exact) mass is 404 g/mol. The summed E-state index contributed by atoms with van der Waals surface area (Å²) in [4.78, 5) is 10.7. The Morgan fingerprint density at radius 2 is 1.38 bits per heavy atom. The highest BCUT2D eigenvalue weighted by atomic mass is 32.1. The van der Waals surface area contributed by atoms with Gasteiger partial charge >= 0.3 is 0 Å². The van der Waals surface area contributed by atoms with Crippen molar-refractivity contribution in [3.05, 3.63) is 66.0 Å². The van der Waals surface area contributed by atoms with E-state index in [1.54, 1.807) is 32.7 Å². The molecule has 0 saturated carbocycles. The lowest BCUT2D eigenvalue weighted by molar-refractivity contribution is 0.324. The van der Waals surface area contributed by atoms with Crippen LogP contribution in [0.3, 0.4) is 0 Å². The minimum absolute atomic E-state index is 0.551. The Labute approximate surface area is 173 Å². The second kappa shape index (κ2) is 8.32. The number of benzene rings is 2. The summed E-state index contributed by atoms with van der Waals surface area (Å²) < 4.78 is 16.5. The minimum Gasteiger partial charge on any atom is -0.493 e. The van der Waals surface area contributed by atoms with Gasteiger partial charge in [0.25, 0.3) is 0 Å². The van der Waals surface area contributed by atoms with E-state index in [1.807, 2.05) is 60.0 Å². The second-order valence-corrected chi connectivity index (χ2v) is 7.17. The Hall–Kier alpha value is -3.38. The minimum atomic E-state index is 0.551. The SMILES string of the molecule is COc1cc(-c2cc(-c3cccs3)nc(-c3ccccc3)n2)cc(OC)c1OC. The van der Waals surface area contributed by atoms with E-state index in [4.69, 9.17) is 24.2 Å². The number of methoxy groups -OCH3 is 3. The number of ether oxygens (including phenoxy) is 3. The number of hydrogen-bond donors (Lipinski definition) is 0. The highest BCUT2D eigenvalue weighted by Gasteiger charge is 2.17. The molecule has 2 heterocycles. The third-order valence-electron chi connectivity index (χ3n) is 4.49. The van der Waals surface area contributed by atoms with Gasteiger partial charge < -0.3 is 14.2 Å². The van der Waals surface area contributed by atoms with Crippen molar-refractivity contribution in [1.29, 1.82) is 0 Å². The molecule has 0 aliphatic rings. The van der Waals surface area contributed by atoms with Gasteiger partial charge in [-0.1, -0.05) is 36.4 Å². The van der Waals surface area contributed by atoms with Crippen LogP contribution in [0.5, 0.6) is 17.2 Å².